The second-order valence-electron chi connectivity index (χ2n) is 3.25. The highest BCUT2D eigenvalue weighted by Crippen LogP contribution is 2.13. The third-order valence-corrected chi connectivity index (χ3v) is 1.87. The first-order valence-corrected chi connectivity index (χ1v) is 3.87. The van der Waals surface area contributed by atoms with Gasteiger partial charge >= 0.3 is 0 Å². The Bertz CT molecular complexity index is 203. The summed E-state index contributed by atoms with van der Waals surface area (Å²) >= 11 is 0. The Morgan fingerprint density at radius 1 is 1.64 bits per heavy atom. The Balaban J connectivity index is 2.73. The highest BCUT2D eigenvalue weighted by atomic mass is 15.1. The second-order valence-corrected chi connectivity index (χ2v) is 3.25. The van der Waals surface area contributed by atoms with E-state index in [0.717, 1.165) is 0 Å². The molecule has 0 aromatic rings. The number of nitrogens with one attached hydrogen (secondary N) is 1. The van der Waals surface area contributed by atoms with Gasteiger partial charge in [0.15, 0.2) is 5.96 Å². The number of hydrogen-bond acceptors (Lipinski definition) is 3. The zero-order valence-electron chi connectivity index (χ0n) is 7.26. The minimum Gasteiger partial charge on any atom is -0.370 e. The van der Waals surface area contributed by atoms with Gasteiger partial charge in [0.1, 0.15) is 0 Å². The highest BCUT2D eigenvalue weighted by molar-refractivity contribution is 5.80. The fourth-order valence-corrected chi connectivity index (χ4v) is 1.25. The number of guanidine groups is 1. The number of nitrogens with zero attached hydrogens (tertiary/aromatic N) is 1. The lowest BCUT2D eigenvalue weighted by Crippen LogP contribution is -2.45. The summed E-state index contributed by atoms with van der Waals surface area (Å²) in [6.45, 7) is 6.38. The van der Waals surface area contributed by atoms with Crippen LogP contribution in [0.2, 0.25) is 0 Å². The largest absolute Gasteiger partial charge is 0.370 e. The lowest BCUT2D eigenvalue weighted by Gasteiger charge is -2.25. The van der Waals surface area contributed by atoms with E-state index in [1.165, 1.54) is 5.57 Å². The van der Waals surface area contributed by atoms with E-state index in [0.29, 0.717) is 17.9 Å². The molecule has 0 amide bonds. The van der Waals surface area contributed by atoms with Crippen LogP contribution < -0.4 is 11.1 Å². The Morgan fingerprint density at radius 2 is 2.27 bits per heavy atom. The first-order chi connectivity index (χ1) is 5.11. The quantitative estimate of drug-likeness (QED) is 0.586. The van der Waals surface area contributed by atoms with Gasteiger partial charge < -0.3 is 11.1 Å². The molecule has 0 saturated carbocycles. The smallest absolute Gasteiger partial charge is 0.193 e. The fraction of sp³-hybridized carbons (Fsp3) is 0.625. The topological polar surface area (TPSA) is 50.4 Å². The first-order valence-electron chi connectivity index (χ1n) is 3.87. The lowest BCUT2D eigenvalue weighted by molar-refractivity contribution is 0.500. The molecule has 62 valence electrons. The van der Waals surface area contributed by atoms with Crippen LogP contribution in [0.1, 0.15) is 20.8 Å². The van der Waals surface area contributed by atoms with Gasteiger partial charge in [-0.1, -0.05) is 13.8 Å². The predicted octanol–water partition coefficient (Wildman–Crippen LogP) is 0.833. The van der Waals surface area contributed by atoms with Crippen LogP contribution in [0.5, 0.6) is 0 Å². The van der Waals surface area contributed by atoms with Crippen molar-refractivity contribution in [3.8, 4) is 0 Å². The normalized spacial score (nSPS) is 24.2. The van der Waals surface area contributed by atoms with Crippen LogP contribution in [0.25, 0.3) is 0 Å². The van der Waals surface area contributed by atoms with Crippen molar-refractivity contribution in [2.75, 3.05) is 0 Å². The van der Waals surface area contributed by atoms with Gasteiger partial charge in [0.05, 0.1) is 6.04 Å². The Hall–Kier alpha value is -0.990. The molecule has 1 heterocycles. The second kappa shape index (κ2) is 2.95. The third kappa shape index (κ3) is 1.73. The molecule has 1 atom stereocenters. The van der Waals surface area contributed by atoms with Crippen molar-refractivity contribution >= 4 is 5.96 Å². The number of hydrogen-bond donors (Lipinski definition) is 2. The van der Waals surface area contributed by atoms with E-state index in [1.54, 1.807) is 0 Å². The van der Waals surface area contributed by atoms with Gasteiger partial charge in [-0.15, -0.1) is 0 Å². The average Bonchev–Trinajstić information content (AvgIpc) is 1.94. The monoisotopic (exact) mass is 153 g/mol. The van der Waals surface area contributed by atoms with Gasteiger partial charge in [-0.05, 0) is 18.4 Å². The van der Waals surface area contributed by atoms with E-state index in [2.05, 4.69) is 31.1 Å². The molecule has 3 heteroatoms. The summed E-state index contributed by atoms with van der Waals surface area (Å²) in [7, 11) is 0. The van der Waals surface area contributed by atoms with Gasteiger partial charge in [-0.2, -0.15) is 0 Å². The molecule has 0 radical (unpaired) electrons. The summed E-state index contributed by atoms with van der Waals surface area (Å²) < 4.78 is 0. The minimum atomic E-state index is 0.354. The van der Waals surface area contributed by atoms with E-state index < -0.39 is 0 Å². The molecule has 1 unspecified atom stereocenters. The highest BCUT2D eigenvalue weighted by Gasteiger charge is 2.17. The number of rotatable bonds is 1. The molecule has 0 spiro atoms. The maximum Gasteiger partial charge on any atom is 0.193 e. The minimum absolute atomic E-state index is 0.354. The molecule has 1 aliphatic rings. The summed E-state index contributed by atoms with van der Waals surface area (Å²) in [6, 6.07) is 0.354. The SMILES string of the molecule is CC1=CN=C(N)NC1C(C)C. The summed E-state index contributed by atoms with van der Waals surface area (Å²) in [4.78, 5) is 3.96. The zero-order chi connectivity index (χ0) is 8.43. The Kier molecular flexibility index (Phi) is 2.17. The number of aliphatic imine (C=N–C) groups is 1. The summed E-state index contributed by atoms with van der Waals surface area (Å²) in [5.41, 5.74) is 6.76. The van der Waals surface area contributed by atoms with Crippen LogP contribution in [-0.4, -0.2) is 12.0 Å². The van der Waals surface area contributed by atoms with E-state index >= 15 is 0 Å². The number of nitrogens with two attached hydrogens (primary N) is 1. The molecule has 0 saturated heterocycles. The van der Waals surface area contributed by atoms with Crippen molar-refractivity contribution in [1.82, 2.24) is 5.32 Å². The van der Waals surface area contributed by atoms with Gasteiger partial charge in [-0.3, -0.25) is 0 Å². The van der Waals surface area contributed by atoms with E-state index in [-0.39, 0.29) is 0 Å². The van der Waals surface area contributed by atoms with Crippen molar-refractivity contribution in [2.24, 2.45) is 16.6 Å². The first kappa shape index (κ1) is 8.11. The molecule has 0 bridgehead atoms. The van der Waals surface area contributed by atoms with Crippen molar-refractivity contribution in [1.29, 1.82) is 0 Å². The van der Waals surface area contributed by atoms with E-state index in [9.17, 15) is 0 Å². The summed E-state index contributed by atoms with van der Waals surface area (Å²) in [5, 5.41) is 3.12. The van der Waals surface area contributed by atoms with Gasteiger partial charge in [-0.25, -0.2) is 4.99 Å². The molecule has 0 fully saturated rings. The van der Waals surface area contributed by atoms with Crippen LogP contribution >= 0.6 is 0 Å². The molecule has 1 aliphatic heterocycles. The van der Waals surface area contributed by atoms with Crippen molar-refractivity contribution in [2.45, 2.75) is 26.8 Å². The maximum absolute atomic E-state index is 5.52. The molecule has 3 N–H and O–H groups in total. The third-order valence-electron chi connectivity index (χ3n) is 1.87. The van der Waals surface area contributed by atoms with Crippen molar-refractivity contribution in [3.63, 3.8) is 0 Å². The van der Waals surface area contributed by atoms with Gasteiger partial charge in [0.25, 0.3) is 0 Å². The van der Waals surface area contributed by atoms with Crippen LogP contribution in [0, 0.1) is 5.92 Å². The molecule has 1 rings (SSSR count). The van der Waals surface area contributed by atoms with Crippen molar-refractivity contribution in [3.05, 3.63) is 11.8 Å². The lowest BCUT2D eigenvalue weighted by atomic mass is 9.97. The molecule has 11 heavy (non-hydrogen) atoms. The molecular weight excluding hydrogens is 138 g/mol. The zero-order valence-corrected chi connectivity index (χ0v) is 7.26. The van der Waals surface area contributed by atoms with Gasteiger partial charge in [0.2, 0.25) is 0 Å². The molecule has 0 aromatic heterocycles. The van der Waals surface area contributed by atoms with E-state index in [4.69, 9.17) is 5.73 Å². The Morgan fingerprint density at radius 3 is 2.73 bits per heavy atom. The van der Waals surface area contributed by atoms with Crippen LogP contribution in [0.4, 0.5) is 0 Å². The van der Waals surface area contributed by atoms with Crippen molar-refractivity contribution < 1.29 is 0 Å². The van der Waals surface area contributed by atoms with Crippen LogP contribution in [0.3, 0.4) is 0 Å². The summed E-state index contributed by atoms with van der Waals surface area (Å²) in [6.07, 6.45) is 1.83. The van der Waals surface area contributed by atoms with E-state index in [1.807, 2.05) is 6.20 Å². The predicted molar refractivity (Wildman–Crippen MR) is 47.1 cm³/mol. The summed E-state index contributed by atoms with van der Waals surface area (Å²) in [5.74, 6) is 1.08. The van der Waals surface area contributed by atoms with Gasteiger partial charge in [0, 0.05) is 6.20 Å². The average molecular weight is 153 g/mol. The molecular formula is C8H15N3. The molecule has 3 nitrogen and oxygen atoms in total. The fourth-order valence-electron chi connectivity index (χ4n) is 1.25. The van der Waals surface area contributed by atoms with Crippen LogP contribution in [0.15, 0.2) is 16.8 Å². The molecule has 0 aliphatic carbocycles. The molecule has 0 aromatic carbocycles. The Labute approximate surface area is 67.4 Å². The maximum atomic E-state index is 5.52. The van der Waals surface area contributed by atoms with Crippen LogP contribution in [-0.2, 0) is 0 Å². The standard InChI is InChI=1S/C8H15N3/c1-5(2)7-6(3)4-10-8(9)11-7/h4-5,7H,1-3H3,(H3,9,10,11).